The van der Waals surface area contributed by atoms with Gasteiger partial charge in [0.1, 0.15) is 11.9 Å². The van der Waals surface area contributed by atoms with Gasteiger partial charge in [0.2, 0.25) is 0 Å². The zero-order valence-electron chi connectivity index (χ0n) is 10.8. The molecule has 1 heterocycles. The van der Waals surface area contributed by atoms with Crippen molar-refractivity contribution in [3.8, 4) is 5.75 Å². The van der Waals surface area contributed by atoms with Gasteiger partial charge < -0.3 is 15.4 Å². The Morgan fingerprint density at radius 3 is 3.00 bits per heavy atom. The van der Waals surface area contributed by atoms with E-state index in [1.165, 1.54) is 0 Å². The summed E-state index contributed by atoms with van der Waals surface area (Å²) in [6.07, 6.45) is 2.33. The van der Waals surface area contributed by atoms with E-state index in [0.29, 0.717) is 11.3 Å². The molecule has 1 aliphatic rings. The first-order chi connectivity index (χ1) is 8.70. The van der Waals surface area contributed by atoms with Gasteiger partial charge in [-0.15, -0.1) is 0 Å². The van der Waals surface area contributed by atoms with Crippen molar-refractivity contribution in [1.29, 1.82) is 0 Å². The van der Waals surface area contributed by atoms with Gasteiger partial charge in [-0.3, -0.25) is 4.79 Å². The molecule has 0 bridgehead atoms. The van der Waals surface area contributed by atoms with Crippen LogP contribution in [0.1, 0.15) is 23.2 Å². The molecule has 0 spiro atoms. The molecule has 1 saturated heterocycles. The lowest BCUT2D eigenvalue weighted by atomic mass is 10.1. The molecule has 0 radical (unpaired) electrons. The maximum atomic E-state index is 11.7. The number of para-hydroxylation sites is 1. The number of ether oxygens (including phenoxy) is 1. The van der Waals surface area contributed by atoms with Gasteiger partial charge in [0.15, 0.2) is 5.78 Å². The summed E-state index contributed by atoms with van der Waals surface area (Å²) in [6.45, 7) is 2.04. The van der Waals surface area contributed by atoms with Gasteiger partial charge in [0.25, 0.3) is 0 Å². The Kier molecular flexibility index (Phi) is 4.33. The van der Waals surface area contributed by atoms with E-state index in [0.717, 1.165) is 25.9 Å². The number of benzene rings is 1. The Hall–Kier alpha value is -1.39. The molecule has 98 valence electrons. The zero-order chi connectivity index (χ0) is 13.0. The van der Waals surface area contributed by atoms with Crippen LogP contribution in [0.3, 0.4) is 0 Å². The molecule has 18 heavy (non-hydrogen) atoms. The number of Topliss-reactive ketones (excluding diaryl/α,β-unsaturated/α-hetero) is 1. The lowest BCUT2D eigenvalue weighted by molar-refractivity contribution is 0.0948. The summed E-state index contributed by atoms with van der Waals surface area (Å²) in [4.78, 5) is 14.0. The molecule has 1 aromatic rings. The van der Waals surface area contributed by atoms with Crippen LogP contribution in [0, 0.1) is 0 Å². The molecule has 1 unspecified atom stereocenters. The standard InChI is InChI=1S/C14H20N2O2/c1-16-8-4-5-11(10-16)18-14-7-3-2-6-12(14)13(17)9-15/h2-3,6-7,11H,4-5,8-10,15H2,1H3. The highest BCUT2D eigenvalue weighted by Crippen LogP contribution is 2.22. The number of carbonyl (C=O) groups excluding carboxylic acids is 1. The van der Waals surface area contributed by atoms with Crippen LogP contribution in [0.5, 0.6) is 5.75 Å². The minimum atomic E-state index is -0.0743. The number of ketones is 1. The molecule has 0 aromatic heterocycles. The third-order valence-electron chi connectivity index (χ3n) is 3.25. The molecular formula is C14H20N2O2. The summed E-state index contributed by atoms with van der Waals surface area (Å²) in [5.41, 5.74) is 6.01. The van der Waals surface area contributed by atoms with Crippen molar-refractivity contribution in [2.75, 3.05) is 26.7 Å². The summed E-state index contributed by atoms with van der Waals surface area (Å²) < 4.78 is 5.96. The molecule has 2 rings (SSSR count). The van der Waals surface area contributed by atoms with E-state index in [1.807, 2.05) is 18.2 Å². The fourth-order valence-corrected chi connectivity index (χ4v) is 2.30. The van der Waals surface area contributed by atoms with Crippen molar-refractivity contribution in [2.45, 2.75) is 18.9 Å². The maximum Gasteiger partial charge on any atom is 0.180 e. The third-order valence-corrected chi connectivity index (χ3v) is 3.25. The Bertz CT molecular complexity index is 420. The van der Waals surface area contributed by atoms with Crippen LogP contribution in [-0.2, 0) is 0 Å². The Labute approximate surface area is 108 Å². The van der Waals surface area contributed by atoms with Crippen LogP contribution in [0.4, 0.5) is 0 Å². The van der Waals surface area contributed by atoms with Gasteiger partial charge in [0, 0.05) is 6.54 Å². The van der Waals surface area contributed by atoms with Crippen molar-refractivity contribution in [1.82, 2.24) is 4.90 Å². The number of nitrogens with two attached hydrogens (primary N) is 1. The number of carbonyl (C=O) groups is 1. The second-order valence-corrected chi connectivity index (χ2v) is 4.77. The lowest BCUT2D eigenvalue weighted by Crippen LogP contribution is -2.38. The minimum absolute atomic E-state index is 0.0188. The lowest BCUT2D eigenvalue weighted by Gasteiger charge is -2.30. The number of hydrogen-bond donors (Lipinski definition) is 1. The smallest absolute Gasteiger partial charge is 0.180 e. The average molecular weight is 248 g/mol. The molecule has 0 amide bonds. The first-order valence-electron chi connectivity index (χ1n) is 6.38. The molecule has 1 aromatic carbocycles. The van der Waals surface area contributed by atoms with Gasteiger partial charge in [-0.05, 0) is 38.6 Å². The van der Waals surface area contributed by atoms with Gasteiger partial charge in [-0.25, -0.2) is 0 Å². The maximum absolute atomic E-state index is 11.7. The van der Waals surface area contributed by atoms with E-state index < -0.39 is 0 Å². The molecule has 1 atom stereocenters. The van der Waals surface area contributed by atoms with E-state index in [2.05, 4.69) is 11.9 Å². The largest absolute Gasteiger partial charge is 0.488 e. The van der Waals surface area contributed by atoms with Crippen LogP contribution in [0.2, 0.25) is 0 Å². The minimum Gasteiger partial charge on any atom is -0.488 e. The summed E-state index contributed by atoms with van der Waals surface area (Å²) >= 11 is 0. The van der Waals surface area contributed by atoms with Gasteiger partial charge >= 0.3 is 0 Å². The summed E-state index contributed by atoms with van der Waals surface area (Å²) in [5, 5.41) is 0. The highest BCUT2D eigenvalue weighted by atomic mass is 16.5. The fraction of sp³-hybridized carbons (Fsp3) is 0.500. The van der Waals surface area contributed by atoms with E-state index in [-0.39, 0.29) is 18.4 Å². The van der Waals surface area contributed by atoms with Crippen LogP contribution in [0.15, 0.2) is 24.3 Å². The molecule has 0 aliphatic carbocycles. The molecule has 2 N–H and O–H groups in total. The van der Waals surface area contributed by atoms with Crippen molar-refractivity contribution in [3.05, 3.63) is 29.8 Å². The molecule has 1 fully saturated rings. The van der Waals surface area contributed by atoms with Gasteiger partial charge in [-0.2, -0.15) is 0 Å². The molecule has 4 heteroatoms. The first kappa shape index (κ1) is 13.1. The zero-order valence-corrected chi connectivity index (χ0v) is 10.8. The molecule has 4 nitrogen and oxygen atoms in total. The van der Waals surface area contributed by atoms with Crippen LogP contribution >= 0.6 is 0 Å². The van der Waals surface area contributed by atoms with Crippen molar-refractivity contribution < 1.29 is 9.53 Å². The van der Waals surface area contributed by atoms with Crippen molar-refractivity contribution >= 4 is 5.78 Å². The average Bonchev–Trinajstić information content (AvgIpc) is 2.38. The number of rotatable bonds is 4. The fourth-order valence-electron chi connectivity index (χ4n) is 2.30. The summed E-state index contributed by atoms with van der Waals surface area (Å²) in [7, 11) is 2.09. The van der Waals surface area contributed by atoms with Crippen molar-refractivity contribution in [3.63, 3.8) is 0 Å². The SMILES string of the molecule is CN1CCCC(Oc2ccccc2C(=O)CN)C1. The Balaban J connectivity index is 2.10. The topological polar surface area (TPSA) is 55.6 Å². The number of hydrogen-bond acceptors (Lipinski definition) is 4. The monoisotopic (exact) mass is 248 g/mol. The number of piperidine rings is 1. The highest BCUT2D eigenvalue weighted by molar-refractivity contribution is 5.99. The van der Waals surface area contributed by atoms with Crippen molar-refractivity contribution in [2.24, 2.45) is 5.73 Å². The van der Waals surface area contributed by atoms with E-state index >= 15 is 0 Å². The predicted octanol–water partition coefficient (Wildman–Crippen LogP) is 1.30. The van der Waals surface area contributed by atoms with Crippen LogP contribution in [0.25, 0.3) is 0 Å². The van der Waals surface area contributed by atoms with Crippen LogP contribution in [-0.4, -0.2) is 43.5 Å². The molecule has 0 saturated carbocycles. The second-order valence-electron chi connectivity index (χ2n) is 4.77. The van der Waals surface area contributed by atoms with Crippen LogP contribution < -0.4 is 10.5 Å². The molecule has 1 aliphatic heterocycles. The second kappa shape index (κ2) is 5.98. The van der Waals surface area contributed by atoms with E-state index in [9.17, 15) is 4.79 Å². The third kappa shape index (κ3) is 3.09. The molecular weight excluding hydrogens is 228 g/mol. The predicted molar refractivity (Wildman–Crippen MR) is 71.0 cm³/mol. The number of likely N-dealkylation sites (N-methyl/N-ethyl adjacent to an activating group) is 1. The highest BCUT2D eigenvalue weighted by Gasteiger charge is 2.20. The van der Waals surface area contributed by atoms with Gasteiger partial charge in [0.05, 0.1) is 12.1 Å². The van der Waals surface area contributed by atoms with E-state index in [1.54, 1.807) is 6.07 Å². The number of likely N-dealkylation sites (tertiary alicyclic amines) is 1. The summed E-state index contributed by atoms with van der Waals surface area (Å²) in [5.74, 6) is 0.586. The Morgan fingerprint density at radius 2 is 2.28 bits per heavy atom. The normalized spacial score (nSPS) is 20.7. The Morgan fingerprint density at radius 1 is 1.50 bits per heavy atom. The van der Waals surface area contributed by atoms with E-state index in [4.69, 9.17) is 10.5 Å². The number of nitrogens with zero attached hydrogens (tertiary/aromatic N) is 1. The van der Waals surface area contributed by atoms with Gasteiger partial charge in [-0.1, -0.05) is 12.1 Å². The first-order valence-corrected chi connectivity index (χ1v) is 6.38. The quantitative estimate of drug-likeness (QED) is 0.816. The summed E-state index contributed by atoms with van der Waals surface area (Å²) in [6, 6.07) is 7.34.